The Morgan fingerprint density at radius 2 is 1.79 bits per heavy atom. The Bertz CT molecular complexity index is 1160. The van der Waals surface area contributed by atoms with Crippen LogP contribution in [0.5, 0.6) is 5.75 Å². The number of amides is 4. The van der Waals surface area contributed by atoms with Crippen LogP contribution < -0.4 is 15.4 Å². The lowest BCUT2D eigenvalue weighted by molar-refractivity contribution is -0.189. The SMILES string of the molecule is O=C1CCC(N2C(=O)c3ccc(C#CN4CCNCC4)c(OC(=O)C(F)(F)F)c3C2=O)C(=O)N1. The minimum absolute atomic E-state index is 0.138. The first-order valence-corrected chi connectivity index (χ1v) is 10.2. The number of nitrogens with one attached hydrogen (secondary N) is 2. The molecule has 3 aliphatic rings. The van der Waals surface area contributed by atoms with E-state index in [1.54, 1.807) is 4.90 Å². The monoisotopic (exact) mass is 478 g/mol. The molecule has 0 spiro atoms. The number of hydrogen-bond acceptors (Lipinski definition) is 8. The molecule has 0 radical (unpaired) electrons. The third kappa shape index (κ3) is 4.32. The number of alkyl halides is 3. The summed E-state index contributed by atoms with van der Waals surface area (Å²) in [4.78, 5) is 63.6. The maximum atomic E-state index is 13.1. The highest BCUT2D eigenvalue weighted by Gasteiger charge is 2.48. The van der Waals surface area contributed by atoms with Crippen molar-refractivity contribution in [3.8, 4) is 17.7 Å². The minimum Gasteiger partial charge on any atom is -0.418 e. The topological polar surface area (TPSA) is 125 Å². The molecule has 178 valence electrons. The number of nitrogens with zero attached hydrogens (tertiary/aromatic N) is 2. The van der Waals surface area contributed by atoms with Crippen molar-refractivity contribution in [1.82, 2.24) is 20.4 Å². The number of benzene rings is 1. The molecule has 4 rings (SSSR count). The van der Waals surface area contributed by atoms with E-state index in [0.717, 1.165) is 0 Å². The van der Waals surface area contributed by atoms with Crippen LogP contribution in [0.25, 0.3) is 0 Å². The molecule has 1 atom stereocenters. The van der Waals surface area contributed by atoms with Gasteiger partial charge in [-0.05, 0) is 24.5 Å². The average molecular weight is 478 g/mol. The van der Waals surface area contributed by atoms with E-state index in [1.807, 2.05) is 5.32 Å². The van der Waals surface area contributed by atoms with Crippen LogP contribution in [0.3, 0.4) is 0 Å². The lowest BCUT2D eigenvalue weighted by atomic mass is 10.0. The second-order valence-corrected chi connectivity index (χ2v) is 7.67. The van der Waals surface area contributed by atoms with E-state index in [2.05, 4.69) is 22.0 Å². The van der Waals surface area contributed by atoms with Crippen molar-refractivity contribution in [2.75, 3.05) is 26.2 Å². The second-order valence-electron chi connectivity index (χ2n) is 7.67. The molecule has 2 fully saturated rings. The van der Waals surface area contributed by atoms with Crippen molar-refractivity contribution in [3.05, 3.63) is 28.8 Å². The summed E-state index contributed by atoms with van der Waals surface area (Å²) in [6.07, 6.45) is -5.66. The summed E-state index contributed by atoms with van der Waals surface area (Å²) in [7, 11) is 0. The highest BCUT2D eigenvalue weighted by Crippen LogP contribution is 2.37. The Balaban J connectivity index is 1.76. The van der Waals surface area contributed by atoms with Gasteiger partial charge < -0.3 is 15.0 Å². The van der Waals surface area contributed by atoms with Gasteiger partial charge in [-0.3, -0.25) is 29.4 Å². The molecule has 1 aromatic carbocycles. The number of piperidine rings is 1. The van der Waals surface area contributed by atoms with Crippen molar-refractivity contribution in [1.29, 1.82) is 0 Å². The first-order chi connectivity index (χ1) is 16.1. The maximum Gasteiger partial charge on any atom is 0.491 e. The quantitative estimate of drug-likeness (QED) is 0.259. The Morgan fingerprint density at radius 3 is 2.44 bits per heavy atom. The number of hydrogen-bond donors (Lipinski definition) is 2. The van der Waals surface area contributed by atoms with E-state index < -0.39 is 53.1 Å². The number of imide groups is 2. The van der Waals surface area contributed by atoms with Crippen molar-refractivity contribution < 1.29 is 41.9 Å². The molecular formula is C21H17F3N4O6. The lowest BCUT2D eigenvalue weighted by Gasteiger charge is -2.27. The number of esters is 1. The molecule has 4 amide bonds. The van der Waals surface area contributed by atoms with E-state index >= 15 is 0 Å². The fourth-order valence-corrected chi connectivity index (χ4v) is 3.80. The molecule has 3 aliphatic heterocycles. The van der Waals surface area contributed by atoms with Gasteiger partial charge in [0.2, 0.25) is 11.8 Å². The van der Waals surface area contributed by atoms with Crippen molar-refractivity contribution in [2.45, 2.75) is 25.1 Å². The smallest absolute Gasteiger partial charge is 0.418 e. The van der Waals surface area contributed by atoms with E-state index in [4.69, 9.17) is 0 Å². The molecule has 2 saturated heterocycles. The normalized spacial score (nSPS) is 20.5. The first-order valence-electron chi connectivity index (χ1n) is 10.2. The van der Waals surface area contributed by atoms with Crippen LogP contribution in [0.1, 0.15) is 39.1 Å². The van der Waals surface area contributed by atoms with Gasteiger partial charge in [0.15, 0.2) is 5.75 Å². The van der Waals surface area contributed by atoms with Gasteiger partial charge in [-0.15, -0.1) is 0 Å². The van der Waals surface area contributed by atoms with Crippen LogP contribution in [0.2, 0.25) is 0 Å². The van der Waals surface area contributed by atoms with E-state index in [0.29, 0.717) is 31.1 Å². The molecule has 2 N–H and O–H groups in total. The second kappa shape index (κ2) is 8.79. The largest absolute Gasteiger partial charge is 0.491 e. The van der Waals surface area contributed by atoms with Crippen LogP contribution in [-0.2, 0) is 14.4 Å². The van der Waals surface area contributed by atoms with Crippen LogP contribution in [0.4, 0.5) is 13.2 Å². The number of ether oxygens (including phenoxy) is 1. The number of piperazine rings is 1. The number of carbonyl (C=O) groups is 5. The van der Waals surface area contributed by atoms with Gasteiger partial charge in [0.25, 0.3) is 11.8 Å². The molecule has 0 bridgehead atoms. The molecule has 0 aromatic heterocycles. The van der Waals surface area contributed by atoms with Crippen molar-refractivity contribution in [2.24, 2.45) is 0 Å². The Labute approximate surface area is 190 Å². The van der Waals surface area contributed by atoms with E-state index in [9.17, 15) is 37.1 Å². The van der Waals surface area contributed by atoms with Crippen molar-refractivity contribution >= 4 is 29.6 Å². The predicted octanol–water partition coefficient (Wildman–Crippen LogP) is -0.230. The molecule has 0 aliphatic carbocycles. The Morgan fingerprint density at radius 1 is 1.09 bits per heavy atom. The predicted molar refractivity (Wildman–Crippen MR) is 106 cm³/mol. The summed E-state index contributed by atoms with van der Waals surface area (Å²) in [5, 5.41) is 5.13. The summed E-state index contributed by atoms with van der Waals surface area (Å²) in [6, 6.07) is 3.76. The molecular weight excluding hydrogens is 461 g/mol. The molecule has 34 heavy (non-hydrogen) atoms. The van der Waals surface area contributed by atoms with Crippen LogP contribution >= 0.6 is 0 Å². The molecule has 3 heterocycles. The van der Waals surface area contributed by atoms with Gasteiger partial charge in [-0.1, -0.05) is 0 Å². The number of fused-ring (bicyclic) bond motifs is 1. The summed E-state index contributed by atoms with van der Waals surface area (Å²) in [5.74, 6) is -4.34. The highest BCUT2D eigenvalue weighted by molar-refractivity contribution is 6.25. The fourth-order valence-electron chi connectivity index (χ4n) is 3.80. The Kier molecular flexibility index (Phi) is 6.01. The van der Waals surface area contributed by atoms with Crippen LogP contribution in [0, 0.1) is 12.0 Å². The van der Waals surface area contributed by atoms with Gasteiger partial charge in [0, 0.05) is 38.6 Å². The van der Waals surface area contributed by atoms with Gasteiger partial charge in [0.1, 0.15) is 6.04 Å². The Hall–Kier alpha value is -3.92. The van der Waals surface area contributed by atoms with Gasteiger partial charge in [-0.2, -0.15) is 13.2 Å². The molecule has 1 aromatic rings. The van der Waals surface area contributed by atoms with Gasteiger partial charge in [0.05, 0.1) is 16.7 Å². The van der Waals surface area contributed by atoms with Crippen LogP contribution in [-0.4, -0.2) is 77.8 Å². The lowest BCUT2D eigenvalue weighted by Crippen LogP contribution is -2.54. The third-order valence-electron chi connectivity index (χ3n) is 5.45. The first kappa shape index (κ1) is 23.2. The summed E-state index contributed by atoms with van der Waals surface area (Å²) in [5.41, 5.74) is -1.15. The number of halogens is 3. The van der Waals surface area contributed by atoms with Gasteiger partial charge in [-0.25, -0.2) is 4.79 Å². The summed E-state index contributed by atoms with van der Waals surface area (Å²) < 4.78 is 43.4. The highest BCUT2D eigenvalue weighted by atomic mass is 19.4. The molecule has 13 heteroatoms. The number of rotatable bonds is 2. The fraction of sp³-hybridized carbons (Fsp3) is 0.381. The summed E-state index contributed by atoms with van der Waals surface area (Å²) >= 11 is 0. The number of carbonyl (C=O) groups excluding carboxylic acids is 5. The van der Waals surface area contributed by atoms with Gasteiger partial charge >= 0.3 is 12.1 Å². The zero-order valence-electron chi connectivity index (χ0n) is 17.5. The zero-order valence-corrected chi connectivity index (χ0v) is 17.5. The van der Waals surface area contributed by atoms with Crippen LogP contribution in [0.15, 0.2) is 12.1 Å². The standard InChI is InChI=1S/C21H17F3N4O6/c22-21(23,24)20(33)34-16-11(5-8-27-9-6-25-7-10-27)1-2-12-15(16)19(32)28(18(12)31)13-3-4-14(29)26-17(13)30/h1-2,13,25H,3-4,6-7,9-10H2,(H,26,29,30). The average Bonchev–Trinajstić information content (AvgIpc) is 3.03. The van der Waals surface area contributed by atoms with E-state index in [-0.39, 0.29) is 24.0 Å². The summed E-state index contributed by atoms with van der Waals surface area (Å²) in [6.45, 7) is 2.36. The van der Waals surface area contributed by atoms with Crippen molar-refractivity contribution in [3.63, 3.8) is 0 Å². The maximum absolute atomic E-state index is 13.1. The minimum atomic E-state index is -5.37. The molecule has 10 nitrogen and oxygen atoms in total. The third-order valence-corrected chi connectivity index (χ3v) is 5.45. The molecule has 0 saturated carbocycles. The zero-order chi connectivity index (χ0) is 24.6. The van der Waals surface area contributed by atoms with E-state index in [1.165, 1.54) is 12.1 Å². The molecule has 1 unspecified atom stereocenters.